The summed E-state index contributed by atoms with van der Waals surface area (Å²) < 4.78 is 10.1. The lowest BCUT2D eigenvalue weighted by atomic mass is 9.97. The van der Waals surface area contributed by atoms with E-state index in [1.54, 1.807) is 6.07 Å². The Kier molecular flexibility index (Phi) is 6.15. The highest BCUT2D eigenvalue weighted by molar-refractivity contribution is 5.66. The van der Waals surface area contributed by atoms with Crippen molar-refractivity contribution in [3.63, 3.8) is 0 Å². The molecule has 0 fully saturated rings. The predicted molar refractivity (Wildman–Crippen MR) is 75.9 cm³/mol. The zero-order valence-corrected chi connectivity index (χ0v) is 12.2. The summed E-state index contributed by atoms with van der Waals surface area (Å²) in [5.41, 5.74) is 1.90. The molecule has 1 aromatic carbocycles. The van der Waals surface area contributed by atoms with Gasteiger partial charge in [-0.05, 0) is 31.4 Å². The van der Waals surface area contributed by atoms with Crippen molar-refractivity contribution in [3.8, 4) is 17.2 Å². The van der Waals surface area contributed by atoms with Gasteiger partial charge in [0, 0.05) is 5.56 Å². The minimum atomic E-state index is -1.45. The molecular weight excluding hydrogens is 260 g/mol. The van der Waals surface area contributed by atoms with E-state index in [9.17, 15) is 9.90 Å². The number of rotatable bonds is 7. The summed E-state index contributed by atoms with van der Waals surface area (Å²) in [5.74, 6) is 0.0401. The second-order valence-corrected chi connectivity index (χ2v) is 4.49. The molecule has 0 aromatic heterocycles. The van der Waals surface area contributed by atoms with E-state index in [1.165, 1.54) is 0 Å². The summed E-state index contributed by atoms with van der Waals surface area (Å²) in [4.78, 5) is 10.7. The average molecular weight is 282 g/mol. The highest BCUT2D eigenvalue weighted by atomic mass is 16.7. The minimum absolute atomic E-state index is 0.0655. The van der Waals surface area contributed by atoms with E-state index in [0.29, 0.717) is 12.4 Å². The Bertz CT molecular complexity index is 468. The topological polar surface area (TPSA) is 76.0 Å². The van der Waals surface area contributed by atoms with E-state index >= 15 is 0 Å². The summed E-state index contributed by atoms with van der Waals surface area (Å²) in [6.07, 6.45) is 1.93. The molecule has 5 nitrogen and oxygen atoms in total. The molecule has 0 atom stereocenters. The van der Waals surface area contributed by atoms with Crippen LogP contribution in [0.3, 0.4) is 0 Å². The molecule has 112 valence electrons. The molecular formula is C15H22O5. The fourth-order valence-electron chi connectivity index (χ4n) is 2.20. The predicted octanol–water partition coefficient (Wildman–Crippen LogP) is 3.75. The van der Waals surface area contributed by atoms with Gasteiger partial charge in [0.25, 0.3) is 0 Å². The summed E-state index contributed by atoms with van der Waals surface area (Å²) in [7, 11) is 0. The van der Waals surface area contributed by atoms with Crippen LogP contribution in [0, 0.1) is 0 Å². The standard InChI is InChI=1S/C15H22O5/c1-4-7-10-9-12(20-15(17)18)13(16)14(19-6-3)11(10)8-5-2/h9,16H,4-8H2,1-3H3,(H,17,18). The van der Waals surface area contributed by atoms with Crippen molar-refractivity contribution in [2.45, 2.75) is 46.5 Å². The number of benzene rings is 1. The molecule has 0 aliphatic heterocycles. The molecule has 20 heavy (non-hydrogen) atoms. The van der Waals surface area contributed by atoms with Crippen LogP contribution in [0.4, 0.5) is 4.79 Å². The Morgan fingerprint density at radius 3 is 2.35 bits per heavy atom. The van der Waals surface area contributed by atoms with Gasteiger partial charge in [-0.2, -0.15) is 0 Å². The Labute approximate surface area is 119 Å². The van der Waals surface area contributed by atoms with Crippen molar-refractivity contribution in [1.29, 1.82) is 0 Å². The van der Waals surface area contributed by atoms with Crippen LogP contribution in [0.25, 0.3) is 0 Å². The number of hydrogen-bond donors (Lipinski definition) is 2. The highest BCUT2D eigenvalue weighted by Crippen LogP contribution is 2.42. The van der Waals surface area contributed by atoms with E-state index in [-0.39, 0.29) is 11.5 Å². The number of phenolic OH excluding ortho intramolecular Hbond substituents is 1. The first kappa shape index (κ1) is 16.1. The van der Waals surface area contributed by atoms with Gasteiger partial charge in [-0.1, -0.05) is 26.7 Å². The smallest absolute Gasteiger partial charge is 0.502 e. The van der Waals surface area contributed by atoms with E-state index in [4.69, 9.17) is 9.84 Å². The Balaban J connectivity index is 3.39. The third kappa shape index (κ3) is 3.79. The largest absolute Gasteiger partial charge is 0.511 e. The van der Waals surface area contributed by atoms with Crippen LogP contribution >= 0.6 is 0 Å². The van der Waals surface area contributed by atoms with Crippen molar-refractivity contribution in [2.75, 3.05) is 6.61 Å². The van der Waals surface area contributed by atoms with Crippen LogP contribution in [0.2, 0.25) is 0 Å². The number of aromatic hydroxyl groups is 1. The average Bonchev–Trinajstić information content (AvgIpc) is 2.39. The lowest BCUT2D eigenvalue weighted by Crippen LogP contribution is -2.07. The third-order valence-electron chi connectivity index (χ3n) is 2.92. The summed E-state index contributed by atoms with van der Waals surface area (Å²) in [6.45, 7) is 6.30. The van der Waals surface area contributed by atoms with Gasteiger partial charge in [-0.3, -0.25) is 0 Å². The van der Waals surface area contributed by atoms with E-state index in [1.807, 2.05) is 20.8 Å². The quantitative estimate of drug-likeness (QED) is 0.588. The van der Waals surface area contributed by atoms with Gasteiger partial charge in [0.2, 0.25) is 5.75 Å². The van der Waals surface area contributed by atoms with E-state index < -0.39 is 6.16 Å². The number of aryl methyl sites for hydroxylation is 1. The van der Waals surface area contributed by atoms with Crippen molar-refractivity contribution in [3.05, 3.63) is 17.2 Å². The molecule has 0 bridgehead atoms. The molecule has 0 unspecified atom stereocenters. The van der Waals surface area contributed by atoms with Gasteiger partial charge in [-0.15, -0.1) is 0 Å². The van der Waals surface area contributed by atoms with Crippen LogP contribution in [-0.4, -0.2) is 23.0 Å². The highest BCUT2D eigenvalue weighted by Gasteiger charge is 2.20. The van der Waals surface area contributed by atoms with Crippen LogP contribution in [0.15, 0.2) is 6.07 Å². The molecule has 0 amide bonds. The number of phenols is 1. The van der Waals surface area contributed by atoms with E-state index in [2.05, 4.69) is 4.74 Å². The van der Waals surface area contributed by atoms with Crippen LogP contribution < -0.4 is 9.47 Å². The third-order valence-corrected chi connectivity index (χ3v) is 2.92. The first-order valence-corrected chi connectivity index (χ1v) is 6.96. The fraction of sp³-hybridized carbons (Fsp3) is 0.533. The summed E-state index contributed by atoms with van der Waals surface area (Å²) >= 11 is 0. The second kappa shape index (κ2) is 7.62. The number of hydrogen-bond acceptors (Lipinski definition) is 4. The molecule has 0 aliphatic rings. The lowest BCUT2D eigenvalue weighted by molar-refractivity contribution is 0.142. The van der Waals surface area contributed by atoms with Gasteiger partial charge in [0.15, 0.2) is 11.5 Å². The molecule has 1 rings (SSSR count). The molecule has 5 heteroatoms. The maximum Gasteiger partial charge on any atom is 0.511 e. The summed E-state index contributed by atoms with van der Waals surface area (Å²) in [6, 6.07) is 1.60. The van der Waals surface area contributed by atoms with Gasteiger partial charge in [0.05, 0.1) is 6.61 Å². The maximum atomic E-state index is 10.7. The molecule has 0 spiro atoms. The first-order valence-electron chi connectivity index (χ1n) is 6.96. The first-order chi connectivity index (χ1) is 9.54. The second-order valence-electron chi connectivity index (χ2n) is 4.49. The number of carbonyl (C=O) groups is 1. The van der Waals surface area contributed by atoms with Crippen molar-refractivity contribution in [2.24, 2.45) is 0 Å². The monoisotopic (exact) mass is 282 g/mol. The minimum Gasteiger partial charge on any atom is -0.502 e. The van der Waals surface area contributed by atoms with Crippen molar-refractivity contribution < 1.29 is 24.5 Å². The SMILES string of the molecule is CCCc1cc(OC(=O)O)c(O)c(OCC)c1CCC. The zero-order valence-electron chi connectivity index (χ0n) is 12.2. The van der Waals surface area contributed by atoms with Crippen molar-refractivity contribution in [1.82, 2.24) is 0 Å². The lowest BCUT2D eigenvalue weighted by Gasteiger charge is -2.18. The Morgan fingerprint density at radius 1 is 1.20 bits per heavy atom. The molecule has 0 saturated heterocycles. The fourth-order valence-corrected chi connectivity index (χ4v) is 2.20. The molecule has 2 N–H and O–H groups in total. The van der Waals surface area contributed by atoms with Gasteiger partial charge in [0.1, 0.15) is 0 Å². The summed E-state index contributed by atoms with van der Waals surface area (Å²) in [5, 5.41) is 18.9. The number of carboxylic acid groups (broad SMARTS) is 1. The number of ether oxygens (including phenoxy) is 2. The molecule has 0 radical (unpaired) electrons. The van der Waals surface area contributed by atoms with Crippen LogP contribution in [0.5, 0.6) is 17.2 Å². The molecule has 0 aliphatic carbocycles. The van der Waals surface area contributed by atoms with Crippen LogP contribution in [-0.2, 0) is 12.8 Å². The maximum absolute atomic E-state index is 10.7. The van der Waals surface area contributed by atoms with E-state index in [0.717, 1.165) is 36.8 Å². The molecule has 0 saturated carbocycles. The van der Waals surface area contributed by atoms with Crippen molar-refractivity contribution >= 4 is 6.16 Å². The molecule has 0 heterocycles. The van der Waals surface area contributed by atoms with Gasteiger partial charge < -0.3 is 19.7 Å². The molecule has 1 aromatic rings. The normalized spacial score (nSPS) is 10.3. The van der Waals surface area contributed by atoms with Crippen LogP contribution in [0.1, 0.15) is 44.7 Å². The Morgan fingerprint density at radius 2 is 1.85 bits per heavy atom. The van der Waals surface area contributed by atoms with Gasteiger partial charge in [-0.25, -0.2) is 4.79 Å². The zero-order chi connectivity index (χ0) is 15.1. The Hall–Kier alpha value is -1.91. The van der Waals surface area contributed by atoms with Gasteiger partial charge >= 0.3 is 6.16 Å².